The number of rotatable bonds is 4. The van der Waals surface area contributed by atoms with Crippen molar-refractivity contribution in [2.75, 3.05) is 11.9 Å². The van der Waals surface area contributed by atoms with Gasteiger partial charge in [0.25, 0.3) is 0 Å². The number of halogens is 2. The van der Waals surface area contributed by atoms with Crippen LogP contribution in [0.25, 0.3) is 0 Å². The first-order valence-corrected chi connectivity index (χ1v) is 6.20. The Morgan fingerprint density at radius 3 is 2.81 bits per heavy atom. The number of nitriles is 1. The van der Waals surface area contributed by atoms with E-state index in [4.69, 9.17) is 10.00 Å². The summed E-state index contributed by atoms with van der Waals surface area (Å²) >= 11 is 3.44. The Morgan fingerprint density at radius 1 is 1.50 bits per heavy atom. The molecule has 84 valence electrons. The van der Waals surface area contributed by atoms with E-state index in [2.05, 4.69) is 15.9 Å². The Morgan fingerprint density at radius 2 is 2.25 bits per heavy atom. The summed E-state index contributed by atoms with van der Waals surface area (Å²) in [6, 6.07) is 6.28. The van der Waals surface area contributed by atoms with Gasteiger partial charge in [-0.05, 0) is 25.0 Å². The number of hydrogen-bond acceptors (Lipinski definition) is 2. The van der Waals surface area contributed by atoms with Crippen molar-refractivity contribution in [3.05, 3.63) is 29.6 Å². The van der Waals surface area contributed by atoms with Crippen molar-refractivity contribution >= 4 is 15.9 Å². The topological polar surface area (TPSA) is 33.0 Å². The van der Waals surface area contributed by atoms with E-state index < -0.39 is 5.82 Å². The van der Waals surface area contributed by atoms with Crippen LogP contribution in [0, 0.1) is 22.6 Å². The molecule has 2 nitrogen and oxygen atoms in total. The number of ether oxygens (including phenoxy) is 1. The molecule has 1 aliphatic carbocycles. The maximum absolute atomic E-state index is 13.3. The Bertz CT molecular complexity index is 437. The zero-order valence-electron chi connectivity index (χ0n) is 8.67. The van der Waals surface area contributed by atoms with Crippen molar-refractivity contribution < 1.29 is 9.13 Å². The SMILES string of the molecule is N#Cc1c(F)cccc1OCC1(CBr)CC1. The van der Waals surface area contributed by atoms with Crippen LogP contribution in [0.15, 0.2) is 18.2 Å². The largest absolute Gasteiger partial charge is 0.491 e. The van der Waals surface area contributed by atoms with E-state index in [-0.39, 0.29) is 11.0 Å². The summed E-state index contributed by atoms with van der Waals surface area (Å²) in [5.74, 6) is -0.182. The Balaban J connectivity index is 2.10. The molecule has 0 spiro atoms. The van der Waals surface area contributed by atoms with Gasteiger partial charge in [-0.15, -0.1) is 0 Å². The van der Waals surface area contributed by atoms with Crippen LogP contribution in [-0.2, 0) is 0 Å². The quantitative estimate of drug-likeness (QED) is 0.795. The average Bonchev–Trinajstić information content (AvgIpc) is 3.07. The molecule has 0 heterocycles. The number of nitrogens with zero attached hydrogens (tertiary/aromatic N) is 1. The fourth-order valence-electron chi connectivity index (χ4n) is 1.46. The zero-order chi connectivity index (χ0) is 11.6. The maximum atomic E-state index is 13.3. The smallest absolute Gasteiger partial charge is 0.144 e. The summed E-state index contributed by atoms with van der Waals surface area (Å²) in [6.45, 7) is 0.538. The summed E-state index contributed by atoms with van der Waals surface area (Å²) in [4.78, 5) is 0. The van der Waals surface area contributed by atoms with Gasteiger partial charge in [0.15, 0.2) is 0 Å². The van der Waals surface area contributed by atoms with Crippen molar-refractivity contribution in [1.29, 1.82) is 5.26 Å². The summed E-state index contributed by atoms with van der Waals surface area (Å²) < 4.78 is 18.8. The number of benzene rings is 1. The minimum Gasteiger partial charge on any atom is -0.491 e. The van der Waals surface area contributed by atoms with E-state index >= 15 is 0 Å². The predicted molar refractivity (Wildman–Crippen MR) is 62.1 cm³/mol. The van der Waals surface area contributed by atoms with Crippen molar-refractivity contribution in [2.24, 2.45) is 5.41 Å². The fraction of sp³-hybridized carbons (Fsp3) is 0.417. The summed E-state index contributed by atoms with van der Waals surface area (Å²) in [5.41, 5.74) is 0.187. The van der Waals surface area contributed by atoms with Gasteiger partial charge in [-0.25, -0.2) is 4.39 Å². The van der Waals surface area contributed by atoms with Gasteiger partial charge in [-0.3, -0.25) is 0 Å². The molecular formula is C12H11BrFNO. The third kappa shape index (κ3) is 2.19. The van der Waals surface area contributed by atoms with Crippen LogP contribution < -0.4 is 4.74 Å². The lowest BCUT2D eigenvalue weighted by atomic mass is 10.1. The van der Waals surface area contributed by atoms with E-state index in [1.54, 1.807) is 12.1 Å². The van der Waals surface area contributed by atoms with E-state index in [0.717, 1.165) is 18.2 Å². The second kappa shape index (κ2) is 4.42. The second-order valence-corrected chi connectivity index (χ2v) is 4.71. The molecule has 16 heavy (non-hydrogen) atoms. The number of alkyl halides is 1. The highest BCUT2D eigenvalue weighted by Gasteiger charge is 2.42. The standard InChI is InChI=1S/C12H11BrFNO/c13-7-12(4-5-12)8-16-11-3-1-2-10(14)9(11)6-15/h1-3H,4-5,7-8H2. The van der Waals surface area contributed by atoms with Crippen molar-refractivity contribution in [2.45, 2.75) is 12.8 Å². The van der Waals surface area contributed by atoms with Gasteiger partial charge >= 0.3 is 0 Å². The minimum absolute atomic E-state index is 0.00660. The van der Waals surface area contributed by atoms with Gasteiger partial charge in [0, 0.05) is 10.7 Å². The normalized spacial score (nSPS) is 16.6. The van der Waals surface area contributed by atoms with Crippen LogP contribution >= 0.6 is 15.9 Å². The van der Waals surface area contributed by atoms with Gasteiger partial charge in [-0.2, -0.15) is 5.26 Å². The lowest BCUT2D eigenvalue weighted by Gasteiger charge is -2.14. The molecule has 2 rings (SSSR count). The van der Waals surface area contributed by atoms with E-state index in [9.17, 15) is 4.39 Å². The highest BCUT2D eigenvalue weighted by molar-refractivity contribution is 9.09. The summed E-state index contributed by atoms with van der Waals surface area (Å²) in [7, 11) is 0. The zero-order valence-corrected chi connectivity index (χ0v) is 10.3. The van der Waals surface area contributed by atoms with Crippen molar-refractivity contribution in [1.82, 2.24) is 0 Å². The monoisotopic (exact) mass is 283 g/mol. The Kier molecular flexibility index (Phi) is 3.15. The molecule has 0 aliphatic heterocycles. The summed E-state index contributed by atoms with van der Waals surface area (Å²) in [6.07, 6.45) is 2.24. The molecule has 1 aromatic carbocycles. The Labute approximate surface area is 102 Å². The third-order valence-electron chi connectivity index (χ3n) is 2.86. The molecule has 0 atom stereocenters. The van der Waals surface area contributed by atoms with Gasteiger partial charge in [0.05, 0.1) is 6.61 Å². The van der Waals surface area contributed by atoms with Crippen LogP contribution in [0.2, 0.25) is 0 Å². The fourth-order valence-corrected chi connectivity index (χ4v) is 2.18. The molecule has 0 N–H and O–H groups in total. The summed E-state index contributed by atoms with van der Waals surface area (Å²) in [5, 5.41) is 9.71. The number of hydrogen-bond donors (Lipinski definition) is 0. The first-order valence-electron chi connectivity index (χ1n) is 5.08. The van der Waals surface area contributed by atoms with Gasteiger partial charge in [0.1, 0.15) is 23.2 Å². The molecule has 1 aromatic rings. The maximum Gasteiger partial charge on any atom is 0.144 e. The average molecular weight is 284 g/mol. The highest BCUT2D eigenvalue weighted by Crippen LogP contribution is 2.47. The molecule has 0 saturated heterocycles. The molecule has 0 aromatic heterocycles. The van der Waals surface area contributed by atoms with Crippen LogP contribution in [0.1, 0.15) is 18.4 Å². The molecule has 4 heteroatoms. The van der Waals surface area contributed by atoms with Crippen LogP contribution in [0.3, 0.4) is 0 Å². The Hall–Kier alpha value is -1.08. The molecule has 0 unspecified atom stereocenters. The first kappa shape index (κ1) is 11.4. The lowest BCUT2D eigenvalue weighted by molar-refractivity contribution is 0.249. The first-order chi connectivity index (χ1) is 7.71. The lowest BCUT2D eigenvalue weighted by Crippen LogP contribution is -2.15. The molecule has 0 radical (unpaired) electrons. The molecule has 0 bridgehead atoms. The molecule has 1 saturated carbocycles. The van der Waals surface area contributed by atoms with Crippen molar-refractivity contribution in [3.63, 3.8) is 0 Å². The van der Waals surface area contributed by atoms with Gasteiger partial charge in [-0.1, -0.05) is 22.0 Å². The molecule has 1 aliphatic rings. The highest BCUT2D eigenvalue weighted by atomic mass is 79.9. The van der Waals surface area contributed by atoms with Crippen LogP contribution in [-0.4, -0.2) is 11.9 Å². The van der Waals surface area contributed by atoms with Crippen LogP contribution in [0.4, 0.5) is 4.39 Å². The molecular weight excluding hydrogens is 273 g/mol. The van der Waals surface area contributed by atoms with Gasteiger partial charge in [0.2, 0.25) is 0 Å². The second-order valence-electron chi connectivity index (χ2n) is 4.15. The van der Waals surface area contributed by atoms with E-state index in [0.29, 0.717) is 12.4 Å². The van der Waals surface area contributed by atoms with Gasteiger partial charge < -0.3 is 4.74 Å². The van der Waals surface area contributed by atoms with E-state index in [1.165, 1.54) is 6.07 Å². The predicted octanol–water partition coefficient (Wildman–Crippen LogP) is 3.25. The van der Waals surface area contributed by atoms with E-state index in [1.807, 2.05) is 6.07 Å². The van der Waals surface area contributed by atoms with Crippen molar-refractivity contribution in [3.8, 4) is 11.8 Å². The molecule has 1 fully saturated rings. The minimum atomic E-state index is -0.524. The molecule has 0 amide bonds. The third-order valence-corrected chi connectivity index (χ3v) is 4.05. The van der Waals surface area contributed by atoms with Crippen LogP contribution in [0.5, 0.6) is 5.75 Å².